The summed E-state index contributed by atoms with van der Waals surface area (Å²) in [7, 11) is 0. The molecule has 2 aromatic heterocycles. The molecule has 0 radical (unpaired) electrons. The van der Waals surface area contributed by atoms with Gasteiger partial charge in [0, 0.05) is 40.8 Å². The summed E-state index contributed by atoms with van der Waals surface area (Å²) < 4.78 is 0. The van der Waals surface area contributed by atoms with Crippen LogP contribution in [0.2, 0.25) is 0 Å². The van der Waals surface area contributed by atoms with Crippen LogP contribution in [0.15, 0.2) is 78.6 Å². The van der Waals surface area contributed by atoms with Crippen molar-refractivity contribution in [1.29, 1.82) is 0 Å². The lowest BCUT2D eigenvalue weighted by atomic mass is 10.2. The highest BCUT2D eigenvalue weighted by Crippen LogP contribution is 2.23. The van der Waals surface area contributed by atoms with Gasteiger partial charge in [-0.3, -0.25) is 4.79 Å². The fourth-order valence-corrected chi connectivity index (χ4v) is 3.09. The van der Waals surface area contributed by atoms with Gasteiger partial charge in [0.15, 0.2) is 5.82 Å². The van der Waals surface area contributed by atoms with E-state index in [-0.39, 0.29) is 5.91 Å². The minimum absolute atomic E-state index is 0.244. The minimum Gasteiger partial charge on any atom is -0.322 e. The van der Waals surface area contributed by atoms with Gasteiger partial charge < -0.3 is 5.32 Å². The van der Waals surface area contributed by atoms with Crippen LogP contribution in [-0.4, -0.2) is 20.9 Å². The van der Waals surface area contributed by atoms with Gasteiger partial charge in [0.1, 0.15) is 5.01 Å². The number of nitrogens with zero attached hydrogens (tertiary/aromatic N) is 3. The summed E-state index contributed by atoms with van der Waals surface area (Å²) in [6, 6.07) is 17.2. The Kier molecular flexibility index (Phi) is 4.49. The number of thiazole rings is 1. The lowest BCUT2D eigenvalue weighted by Gasteiger charge is -2.06. The second kappa shape index (κ2) is 7.25. The standard InChI is InChI=1S/C20H14N4OS/c25-19(16-12-22-18(23-13-16)14-4-2-1-3-5-14)24-17-8-6-15(7-9-17)20-21-10-11-26-20/h1-13H,(H,24,25). The van der Waals surface area contributed by atoms with E-state index in [0.29, 0.717) is 17.1 Å². The highest BCUT2D eigenvalue weighted by Gasteiger charge is 2.09. The fraction of sp³-hybridized carbons (Fsp3) is 0. The van der Waals surface area contributed by atoms with Crippen molar-refractivity contribution in [3.8, 4) is 22.0 Å². The molecule has 0 aliphatic carbocycles. The zero-order valence-corrected chi connectivity index (χ0v) is 14.5. The Hall–Kier alpha value is -3.38. The monoisotopic (exact) mass is 358 g/mol. The number of nitrogens with one attached hydrogen (secondary N) is 1. The van der Waals surface area contributed by atoms with Crippen LogP contribution >= 0.6 is 11.3 Å². The van der Waals surface area contributed by atoms with E-state index in [1.54, 1.807) is 17.5 Å². The maximum Gasteiger partial charge on any atom is 0.258 e. The van der Waals surface area contributed by atoms with Crippen LogP contribution in [0.5, 0.6) is 0 Å². The number of aromatic nitrogens is 3. The second-order valence-electron chi connectivity index (χ2n) is 5.53. The van der Waals surface area contributed by atoms with E-state index in [9.17, 15) is 4.79 Å². The summed E-state index contributed by atoms with van der Waals surface area (Å²) >= 11 is 1.58. The molecule has 4 aromatic rings. The van der Waals surface area contributed by atoms with Gasteiger partial charge in [-0.25, -0.2) is 15.0 Å². The summed E-state index contributed by atoms with van der Waals surface area (Å²) in [4.78, 5) is 25.2. The number of hydrogen-bond acceptors (Lipinski definition) is 5. The Morgan fingerprint density at radius 2 is 1.58 bits per heavy atom. The topological polar surface area (TPSA) is 67.8 Å². The van der Waals surface area contributed by atoms with Crippen molar-refractivity contribution in [2.24, 2.45) is 0 Å². The van der Waals surface area contributed by atoms with Crippen molar-refractivity contribution < 1.29 is 4.79 Å². The number of amides is 1. The number of hydrogen-bond donors (Lipinski definition) is 1. The molecule has 0 bridgehead atoms. The molecule has 0 unspecified atom stereocenters. The largest absolute Gasteiger partial charge is 0.322 e. The number of carbonyl (C=O) groups excluding carboxylic acids is 1. The summed E-state index contributed by atoms with van der Waals surface area (Å²) in [6.45, 7) is 0. The number of rotatable bonds is 4. The molecule has 0 atom stereocenters. The summed E-state index contributed by atoms with van der Waals surface area (Å²) in [6.07, 6.45) is 4.85. The van der Waals surface area contributed by atoms with Gasteiger partial charge in [0.25, 0.3) is 5.91 Å². The first-order valence-electron chi connectivity index (χ1n) is 7.98. The number of benzene rings is 2. The van der Waals surface area contributed by atoms with Crippen LogP contribution in [0.1, 0.15) is 10.4 Å². The van der Waals surface area contributed by atoms with Gasteiger partial charge >= 0.3 is 0 Å². The maximum atomic E-state index is 12.4. The molecule has 0 fully saturated rings. The first kappa shape index (κ1) is 16.1. The van der Waals surface area contributed by atoms with Gasteiger partial charge in [0.2, 0.25) is 0 Å². The first-order valence-corrected chi connectivity index (χ1v) is 8.86. The van der Waals surface area contributed by atoms with Crippen LogP contribution in [0.25, 0.3) is 22.0 Å². The molecule has 0 aliphatic heterocycles. The van der Waals surface area contributed by atoms with Gasteiger partial charge in [-0.15, -0.1) is 11.3 Å². The molecular weight excluding hydrogens is 344 g/mol. The van der Waals surface area contributed by atoms with Crippen molar-refractivity contribution in [1.82, 2.24) is 15.0 Å². The van der Waals surface area contributed by atoms with Crippen LogP contribution in [0.4, 0.5) is 5.69 Å². The average molecular weight is 358 g/mol. The molecule has 6 heteroatoms. The Bertz CT molecular complexity index is 998. The predicted octanol–water partition coefficient (Wildman–Crippen LogP) is 4.52. The van der Waals surface area contributed by atoms with E-state index in [1.165, 1.54) is 12.4 Å². The third-order valence-corrected chi connectivity index (χ3v) is 4.59. The molecular formula is C20H14N4OS. The van der Waals surface area contributed by atoms with Crippen molar-refractivity contribution in [2.45, 2.75) is 0 Å². The second-order valence-corrected chi connectivity index (χ2v) is 6.42. The molecule has 0 aliphatic rings. The molecule has 0 saturated heterocycles. The van der Waals surface area contributed by atoms with Crippen LogP contribution in [-0.2, 0) is 0 Å². The lowest BCUT2D eigenvalue weighted by molar-refractivity contribution is 0.102. The Balaban J connectivity index is 1.46. The maximum absolute atomic E-state index is 12.4. The summed E-state index contributed by atoms with van der Waals surface area (Å²) in [5, 5.41) is 5.74. The highest BCUT2D eigenvalue weighted by molar-refractivity contribution is 7.13. The molecule has 0 spiro atoms. The van der Waals surface area contributed by atoms with E-state index in [2.05, 4.69) is 20.3 Å². The van der Waals surface area contributed by atoms with Gasteiger partial charge in [-0.1, -0.05) is 30.3 Å². The van der Waals surface area contributed by atoms with E-state index < -0.39 is 0 Å². The number of carbonyl (C=O) groups is 1. The van der Waals surface area contributed by atoms with Crippen molar-refractivity contribution >= 4 is 22.9 Å². The minimum atomic E-state index is -0.244. The SMILES string of the molecule is O=C(Nc1ccc(-c2nccs2)cc1)c1cnc(-c2ccccc2)nc1. The van der Waals surface area contributed by atoms with Crippen LogP contribution in [0.3, 0.4) is 0 Å². The lowest BCUT2D eigenvalue weighted by Crippen LogP contribution is -2.12. The smallest absolute Gasteiger partial charge is 0.258 e. The Labute approximate surface area is 154 Å². The zero-order chi connectivity index (χ0) is 17.8. The van der Waals surface area contributed by atoms with Gasteiger partial charge in [-0.2, -0.15) is 0 Å². The molecule has 1 amide bonds. The van der Waals surface area contributed by atoms with Crippen molar-refractivity contribution in [3.05, 3.63) is 84.1 Å². The normalized spacial score (nSPS) is 10.5. The van der Waals surface area contributed by atoms with Crippen LogP contribution in [0, 0.1) is 0 Å². The molecule has 4 rings (SSSR count). The molecule has 2 aromatic carbocycles. The van der Waals surface area contributed by atoms with Crippen molar-refractivity contribution in [2.75, 3.05) is 5.32 Å². The average Bonchev–Trinajstić information content (AvgIpc) is 3.24. The molecule has 1 N–H and O–H groups in total. The molecule has 26 heavy (non-hydrogen) atoms. The van der Waals surface area contributed by atoms with Gasteiger partial charge in [-0.05, 0) is 24.3 Å². The zero-order valence-electron chi connectivity index (χ0n) is 13.7. The predicted molar refractivity (Wildman–Crippen MR) is 103 cm³/mol. The van der Waals surface area contributed by atoms with Gasteiger partial charge in [0.05, 0.1) is 5.56 Å². The third kappa shape index (κ3) is 3.50. The molecule has 0 saturated carbocycles. The summed E-state index contributed by atoms with van der Waals surface area (Å²) in [5.74, 6) is 0.349. The first-order chi connectivity index (χ1) is 12.8. The van der Waals surface area contributed by atoms with Crippen molar-refractivity contribution in [3.63, 3.8) is 0 Å². The highest BCUT2D eigenvalue weighted by atomic mass is 32.1. The fourth-order valence-electron chi connectivity index (χ4n) is 2.45. The van der Waals surface area contributed by atoms with E-state index in [0.717, 1.165) is 16.1 Å². The third-order valence-electron chi connectivity index (χ3n) is 3.77. The molecule has 126 valence electrons. The van der Waals surface area contributed by atoms with E-state index in [4.69, 9.17) is 0 Å². The Morgan fingerprint density at radius 3 is 2.23 bits per heavy atom. The van der Waals surface area contributed by atoms with E-state index >= 15 is 0 Å². The number of anilines is 1. The van der Waals surface area contributed by atoms with Crippen LogP contribution < -0.4 is 5.32 Å². The summed E-state index contributed by atoms with van der Waals surface area (Å²) in [5.41, 5.74) is 3.06. The van der Waals surface area contributed by atoms with E-state index in [1.807, 2.05) is 60.0 Å². The molecule has 2 heterocycles. The molecule has 5 nitrogen and oxygen atoms in total. The Morgan fingerprint density at radius 1 is 0.846 bits per heavy atom. The quantitative estimate of drug-likeness (QED) is 0.582.